The van der Waals surface area contributed by atoms with E-state index in [1.807, 2.05) is 0 Å². The Hall–Kier alpha value is -0.960. The number of carbonyl (C=O) groups is 1. The Labute approximate surface area is 109 Å². The van der Waals surface area contributed by atoms with Gasteiger partial charge < -0.3 is 4.74 Å². The number of hydrogen-bond donors (Lipinski definition) is 0. The average molecular weight is 254 g/mol. The van der Waals surface area contributed by atoms with E-state index < -0.39 is 0 Å². The van der Waals surface area contributed by atoms with Crippen molar-refractivity contribution >= 4 is 17.7 Å². The van der Waals surface area contributed by atoms with Crippen LogP contribution in [0.25, 0.3) is 0 Å². The van der Waals surface area contributed by atoms with Gasteiger partial charge in [0.05, 0.1) is 6.61 Å². The second kappa shape index (κ2) is 7.38. The zero-order chi connectivity index (χ0) is 13.5. The lowest BCUT2D eigenvalue weighted by atomic mass is 9.90. The lowest BCUT2D eigenvalue weighted by molar-refractivity contribution is -0.137. The molecule has 17 heavy (non-hydrogen) atoms. The minimum atomic E-state index is -0.338. The first-order valence-electron chi connectivity index (χ1n) is 5.74. The highest BCUT2D eigenvalue weighted by Gasteiger charge is 2.19. The van der Waals surface area contributed by atoms with Crippen molar-refractivity contribution < 1.29 is 9.53 Å². The maximum Gasteiger partial charge on any atom is 0.330 e. The SMILES string of the molecule is C=C(/C=C/C(=O)OCC)SC(=C)C(C)(C)CC. The Morgan fingerprint density at radius 2 is 1.88 bits per heavy atom. The number of ether oxygens (including phenoxy) is 1. The molecule has 0 aliphatic rings. The summed E-state index contributed by atoms with van der Waals surface area (Å²) >= 11 is 1.51. The van der Waals surface area contributed by atoms with Crippen LogP contribution in [0.1, 0.15) is 34.1 Å². The molecule has 0 saturated carbocycles. The molecular weight excluding hydrogens is 232 g/mol. The molecule has 0 aromatic heterocycles. The summed E-state index contributed by atoms with van der Waals surface area (Å²) in [6.45, 7) is 16.5. The fourth-order valence-corrected chi connectivity index (χ4v) is 1.75. The molecule has 0 unspecified atom stereocenters. The van der Waals surface area contributed by atoms with E-state index in [1.165, 1.54) is 17.8 Å². The summed E-state index contributed by atoms with van der Waals surface area (Å²) in [4.78, 5) is 13.0. The average Bonchev–Trinajstić information content (AvgIpc) is 2.26. The number of rotatable bonds is 7. The van der Waals surface area contributed by atoms with E-state index in [1.54, 1.807) is 13.0 Å². The van der Waals surface area contributed by atoms with Crippen LogP contribution in [0.2, 0.25) is 0 Å². The predicted molar refractivity (Wildman–Crippen MR) is 75.7 cm³/mol. The number of allylic oxidation sites excluding steroid dienone is 2. The van der Waals surface area contributed by atoms with Crippen molar-refractivity contribution in [1.29, 1.82) is 0 Å². The second-order valence-corrected chi connectivity index (χ2v) is 5.54. The van der Waals surface area contributed by atoms with Crippen molar-refractivity contribution in [3.05, 3.63) is 35.1 Å². The van der Waals surface area contributed by atoms with Crippen LogP contribution in [0, 0.1) is 5.41 Å². The Kier molecular flexibility index (Phi) is 6.97. The molecule has 3 heteroatoms. The number of esters is 1. The number of thioether (sulfide) groups is 1. The van der Waals surface area contributed by atoms with Crippen LogP contribution >= 0.6 is 11.8 Å². The molecule has 0 amide bonds. The summed E-state index contributed by atoms with van der Waals surface area (Å²) in [6.07, 6.45) is 4.08. The van der Waals surface area contributed by atoms with Gasteiger partial charge in [-0.3, -0.25) is 0 Å². The minimum absolute atomic E-state index is 0.0748. The van der Waals surface area contributed by atoms with Crippen molar-refractivity contribution in [2.75, 3.05) is 6.61 Å². The Bertz CT molecular complexity index is 327. The zero-order valence-corrected chi connectivity index (χ0v) is 12.0. The van der Waals surface area contributed by atoms with Crippen molar-refractivity contribution in [1.82, 2.24) is 0 Å². The number of hydrogen-bond acceptors (Lipinski definition) is 3. The van der Waals surface area contributed by atoms with Gasteiger partial charge in [0.1, 0.15) is 0 Å². The molecule has 0 aliphatic heterocycles. The molecule has 0 fully saturated rings. The molecule has 0 aromatic rings. The molecule has 0 radical (unpaired) electrons. The van der Waals surface area contributed by atoms with Crippen LogP contribution in [0.15, 0.2) is 35.1 Å². The quantitative estimate of drug-likeness (QED) is 0.385. The first-order valence-corrected chi connectivity index (χ1v) is 6.56. The molecule has 0 saturated heterocycles. The molecule has 0 aliphatic carbocycles. The fourth-order valence-electron chi connectivity index (χ4n) is 0.879. The van der Waals surface area contributed by atoms with Gasteiger partial charge in [-0.15, -0.1) is 0 Å². The van der Waals surface area contributed by atoms with Crippen LogP contribution in [0.4, 0.5) is 0 Å². The monoisotopic (exact) mass is 254 g/mol. The lowest BCUT2D eigenvalue weighted by Gasteiger charge is -2.24. The van der Waals surface area contributed by atoms with Crippen LogP contribution in [-0.4, -0.2) is 12.6 Å². The standard InChI is InChI=1S/C14H22O2S/c1-7-14(5,6)12(4)17-11(3)9-10-13(15)16-8-2/h9-10H,3-4,7-8H2,1-2,5-6H3/b10-9+. The molecule has 96 valence electrons. The maximum atomic E-state index is 11.1. The van der Waals surface area contributed by atoms with Crippen LogP contribution in [0.5, 0.6) is 0 Å². The van der Waals surface area contributed by atoms with E-state index in [9.17, 15) is 4.79 Å². The molecule has 0 spiro atoms. The first kappa shape index (κ1) is 16.0. The van der Waals surface area contributed by atoms with Gasteiger partial charge >= 0.3 is 5.97 Å². The molecular formula is C14H22O2S. The third-order valence-corrected chi connectivity index (χ3v) is 3.78. The van der Waals surface area contributed by atoms with Crippen molar-refractivity contribution in [2.45, 2.75) is 34.1 Å². The fraction of sp³-hybridized carbons (Fsp3) is 0.500. The molecule has 0 rings (SSSR count). The van der Waals surface area contributed by atoms with Crippen LogP contribution in [0.3, 0.4) is 0 Å². The summed E-state index contributed by atoms with van der Waals surface area (Å²) in [5.41, 5.74) is 0.0748. The van der Waals surface area contributed by atoms with E-state index in [4.69, 9.17) is 4.74 Å². The molecule has 0 atom stereocenters. The molecule has 0 aromatic carbocycles. The first-order chi connectivity index (χ1) is 7.83. The Morgan fingerprint density at radius 1 is 1.29 bits per heavy atom. The van der Waals surface area contributed by atoms with E-state index in [0.717, 1.165) is 16.2 Å². The smallest absolute Gasteiger partial charge is 0.330 e. The second-order valence-electron chi connectivity index (χ2n) is 4.31. The van der Waals surface area contributed by atoms with Gasteiger partial charge in [0.25, 0.3) is 0 Å². The highest BCUT2D eigenvalue weighted by Crippen LogP contribution is 2.39. The third kappa shape index (κ3) is 6.37. The largest absolute Gasteiger partial charge is 0.463 e. The van der Waals surface area contributed by atoms with Gasteiger partial charge in [0.15, 0.2) is 0 Å². The maximum absolute atomic E-state index is 11.1. The molecule has 0 heterocycles. The molecule has 0 N–H and O–H groups in total. The Balaban J connectivity index is 4.29. The number of carbonyl (C=O) groups excluding carboxylic acids is 1. The van der Waals surface area contributed by atoms with E-state index >= 15 is 0 Å². The van der Waals surface area contributed by atoms with Gasteiger partial charge in [-0.25, -0.2) is 4.79 Å². The van der Waals surface area contributed by atoms with Crippen LogP contribution in [-0.2, 0) is 9.53 Å². The van der Waals surface area contributed by atoms with Crippen molar-refractivity contribution in [3.8, 4) is 0 Å². The highest BCUT2D eigenvalue weighted by molar-refractivity contribution is 8.06. The lowest BCUT2D eigenvalue weighted by Crippen LogP contribution is -2.10. The van der Waals surface area contributed by atoms with E-state index in [2.05, 4.69) is 33.9 Å². The normalized spacial score (nSPS) is 11.5. The topological polar surface area (TPSA) is 26.3 Å². The highest BCUT2D eigenvalue weighted by atomic mass is 32.2. The zero-order valence-electron chi connectivity index (χ0n) is 11.2. The van der Waals surface area contributed by atoms with Crippen molar-refractivity contribution in [3.63, 3.8) is 0 Å². The minimum Gasteiger partial charge on any atom is -0.463 e. The van der Waals surface area contributed by atoms with Gasteiger partial charge in [-0.05, 0) is 29.7 Å². The summed E-state index contributed by atoms with van der Waals surface area (Å²) < 4.78 is 4.79. The summed E-state index contributed by atoms with van der Waals surface area (Å²) in [6, 6.07) is 0. The molecule has 0 bridgehead atoms. The van der Waals surface area contributed by atoms with Gasteiger partial charge in [-0.2, -0.15) is 0 Å². The summed E-state index contributed by atoms with van der Waals surface area (Å²) in [5.74, 6) is -0.338. The molecule has 2 nitrogen and oxygen atoms in total. The Morgan fingerprint density at radius 3 is 2.35 bits per heavy atom. The van der Waals surface area contributed by atoms with Crippen LogP contribution < -0.4 is 0 Å². The van der Waals surface area contributed by atoms with E-state index in [0.29, 0.717) is 6.61 Å². The van der Waals surface area contributed by atoms with Gasteiger partial charge in [0, 0.05) is 11.0 Å². The van der Waals surface area contributed by atoms with Crippen molar-refractivity contribution in [2.24, 2.45) is 5.41 Å². The summed E-state index contributed by atoms with van der Waals surface area (Å²) in [7, 11) is 0. The summed E-state index contributed by atoms with van der Waals surface area (Å²) in [5, 5.41) is 0. The van der Waals surface area contributed by atoms with Gasteiger partial charge in [-0.1, -0.05) is 45.7 Å². The predicted octanol–water partition coefficient (Wildman–Crippen LogP) is 4.30. The van der Waals surface area contributed by atoms with Gasteiger partial charge in [0.2, 0.25) is 0 Å². The third-order valence-electron chi connectivity index (χ3n) is 2.58. The van der Waals surface area contributed by atoms with E-state index in [-0.39, 0.29) is 11.4 Å².